The van der Waals surface area contributed by atoms with Gasteiger partial charge >= 0.3 is 63.2 Å². The number of imidazole rings is 3. The Morgan fingerprint density at radius 3 is 1.03 bits per heavy atom. The van der Waals surface area contributed by atoms with Crippen LogP contribution in [-0.2, 0) is 84.3 Å². The molecule has 10 heterocycles. The summed E-state index contributed by atoms with van der Waals surface area (Å²) in [5.74, 6) is 2.63. The number of para-hydroxylation sites is 4. The van der Waals surface area contributed by atoms with Crippen LogP contribution in [0.3, 0.4) is 0 Å². The van der Waals surface area contributed by atoms with Crippen LogP contribution < -0.4 is 0 Å². The van der Waals surface area contributed by atoms with Crippen LogP contribution in [0.15, 0.2) is 413 Å². The summed E-state index contributed by atoms with van der Waals surface area (Å²) in [7, 11) is 6.22. The first-order valence-electron chi connectivity index (χ1n) is 45.1. The Hall–Kier alpha value is -16.0. The predicted molar refractivity (Wildman–Crippen MR) is 551 cm³/mol. The van der Waals surface area contributed by atoms with E-state index in [9.17, 15) is 0 Å². The van der Waals surface area contributed by atoms with Crippen LogP contribution in [0, 0.1) is 36.4 Å². The maximum atomic E-state index is 5.09. The van der Waals surface area contributed by atoms with Gasteiger partial charge in [-0.2, -0.15) is 0 Å². The van der Waals surface area contributed by atoms with Crippen molar-refractivity contribution in [3.05, 3.63) is 449 Å². The monoisotopic (exact) mass is 2310 g/mol. The number of benzene rings is 17. The number of rotatable bonds is 12. The van der Waals surface area contributed by atoms with Crippen molar-refractivity contribution in [1.82, 2.24) is 62.3 Å². The third-order valence-corrected chi connectivity index (χ3v) is 26.2. The molecule has 0 saturated heterocycles. The molecule has 27 aromatic rings. The van der Waals surface area contributed by atoms with E-state index in [1.807, 2.05) is 104 Å². The van der Waals surface area contributed by atoms with Gasteiger partial charge in [0.15, 0.2) is 0 Å². The summed E-state index contributed by atoms with van der Waals surface area (Å²) in [5.41, 5.74) is 30.3. The van der Waals surface area contributed by atoms with Gasteiger partial charge in [-0.25, -0.2) is 4.98 Å². The Kier molecular flexibility index (Phi) is 23.2. The molecule has 0 spiro atoms. The third-order valence-electron chi connectivity index (χ3n) is 26.2. The van der Waals surface area contributed by atoms with Crippen LogP contribution in [0.25, 0.3) is 249 Å². The molecule has 0 aliphatic heterocycles. The van der Waals surface area contributed by atoms with E-state index in [1.165, 1.54) is 76.5 Å². The minimum atomic E-state index is 0. The molecule has 16 heteroatoms. The molecule has 138 heavy (non-hydrogen) atoms. The molecule has 0 aliphatic carbocycles. The number of pyridine rings is 4. The van der Waals surface area contributed by atoms with Crippen molar-refractivity contribution in [1.29, 1.82) is 0 Å². The van der Waals surface area contributed by atoms with Gasteiger partial charge in [-0.3, -0.25) is 15.0 Å². The van der Waals surface area contributed by atoms with Crippen molar-refractivity contribution >= 4 is 131 Å². The molecule has 0 N–H and O–H groups in total. The molecule has 10 aromatic heterocycles. The molecule has 0 saturated carbocycles. The number of hydrogen-bond acceptors (Lipinski definition) is 7. The number of aryl methyl sites for hydroxylation is 3. The van der Waals surface area contributed by atoms with Gasteiger partial charge in [0, 0.05) is 57.0 Å². The standard InChI is InChI=1S/2C41H26N4.C40H25N5.3Pt/c1-44-39-18-5-4-17-37(39)43-41(44)30-19-21-34-35-25-28(33-15-9-11-27-10-2-3-14-32(27)33)20-22-38(35)45(40(34)26-30)31-13-8-12-29(24-31)36-16-6-7-23-42-36;1-44-38-18-5-4-17-37(38)43-41(44)30-20-22-35-34-21-19-28(33-15-9-11-27-10-2-3-14-32(27)33)25-39(34)45(40(35)26-30)31-13-8-12-29(24-31)36-16-6-7-23-42-36;1-44-38-24-27(32-14-7-10-26-9-2-3-13-31(26)32)18-20-36(38)43-39(44)29-17-19-33-34-15-8-22-42-40(34)45(37(33)25-29)30-12-6-11-28(23-30)35-16-4-5-21-41-35;;;/h2*2-23,25H,1H3;2-22,24H,1H3;;;/q3*-2;3*+2. The zero-order chi connectivity index (χ0) is 89.7. The van der Waals surface area contributed by atoms with Crippen molar-refractivity contribution in [3.63, 3.8) is 0 Å². The fourth-order valence-electron chi connectivity index (χ4n) is 19.7. The quantitative estimate of drug-likeness (QED) is 0.112. The van der Waals surface area contributed by atoms with Crippen molar-refractivity contribution in [2.75, 3.05) is 0 Å². The molecule has 0 aliphatic rings. The number of aromatic nitrogens is 13. The molecule has 0 fully saturated rings. The normalized spacial score (nSPS) is 11.4. The minimum absolute atomic E-state index is 0. The van der Waals surface area contributed by atoms with Gasteiger partial charge in [-0.15, -0.1) is 161 Å². The molecule has 0 amide bonds. The van der Waals surface area contributed by atoms with E-state index in [1.54, 1.807) is 6.20 Å². The Morgan fingerprint density at radius 2 is 0.558 bits per heavy atom. The molecular weight excluding hydrogens is 2230 g/mol. The van der Waals surface area contributed by atoms with Crippen molar-refractivity contribution in [2.45, 2.75) is 0 Å². The molecule has 0 unspecified atom stereocenters. The smallest absolute Gasteiger partial charge is 0.367 e. The van der Waals surface area contributed by atoms with Crippen LogP contribution in [0.1, 0.15) is 0 Å². The summed E-state index contributed by atoms with van der Waals surface area (Å²) < 4.78 is 13.2. The van der Waals surface area contributed by atoms with Crippen molar-refractivity contribution < 1.29 is 63.2 Å². The average Bonchev–Trinajstić information content (AvgIpc) is 1.58. The SMILES string of the molecule is Cn1c(-c2[c-]c3c(cc2)c2cc(-c4cccc5ccccc45)ccc2n3-c2[c-]c(-c3ccccn3)ccc2)nc2ccccc21.Cn1c(-c2[c-]c3c(cc2)c2ccc(-c4cccc5ccccc45)cc2n3-c2[c-]c(-c3ccccn3)ccc2)nc2ccccc21.Cn1c(-c2[c-]c3c(cc2)c2cccnc2n3-c2[c-]c(-c3ccccn3)ccc2)nc2ccc(-c3cccc4ccccc34)cc21.[Pt+2].[Pt+2].[Pt+2]. The van der Waals surface area contributed by atoms with E-state index in [2.05, 4.69) is 403 Å². The number of fused-ring (bicyclic) bond motifs is 15. The maximum absolute atomic E-state index is 5.09. The summed E-state index contributed by atoms with van der Waals surface area (Å²) in [5, 5.41) is 14.2. The van der Waals surface area contributed by atoms with Gasteiger partial charge in [0.05, 0.1) is 50.6 Å². The van der Waals surface area contributed by atoms with E-state index in [4.69, 9.17) is 19.9 Å². The van der Waals surface area contributed by atoms with Crippen LogP contribution in [0.4, 0.5) is 0 Å². The second-order valence-corrected chi connectivity index (χ2v) is 34.0. The van der Waals surface area contributed by atoms with Gasteiger partial charge in [0.1, 0.15) is 5.65 Å². The first-order chi connectivity index (χ1) is 66.7. The summed E-state index contributed by atoms with van der Waals surface area (Å²) >= 11 is 0. The van der Waals surface area contributed by atoms with E-state index in [0.717, 1.165) is 173 Å². The molecule has 17 aromatic carbocycles. The van der Waals surface area contributed by atoms with Crippen molar-refractivity contribution in [2.24, 2.45) is 21.1 Å². The molecule has 27 rings (SSSR count). The summed E-state index contributed by atoms with van der Waals surface area (Å²) in [6, 6.07) is 158. The average molecular weight is 2310 g/mol. The van der Waals surface area contributed by atoms with Gasteiger partial charge < -0.3 is 42.4 Å². The fraction of sp³-hybridized carbons (Fsp3) is 0.0246. The molecule has 13 nitrogen and oxygen atoms in total. The number of hydrogen-bond donors (Lipinski definition) is 0. The van der Waals surface area contributed by atoms with E-state index in [0.29, 0.717) is 0 Å². The van der Waals surface area contributed by atoms with Crippen LogP contribution in [0.2, 0.25) is 0 Å². The van der Waals surface area contributed by atoms with Crippen molar-refractivity contribution in [3.8, 4) is 118 Å². The second-order valence-electron chi connectivity index (χ2n) is 34.0. The van der Waals surface area contributed by atoms with E-state index >= 15 is 0 Å². The zero-order valence-corrected chi connectivity index (χ0v) is 81.3. The Labute approximate surface area is 838 Å². The first-order valence-corrected chi connectivity index (χ1v) is 45.1. The first kappa shape index (κ1) is 87.3. The molecule has 660 valence electrons. The van der Waals surface area contributed by atoms with E-state index < -0.39 is 0 Å². The second kappa shape index (κ2) is 36.7. The fourth-order valence-corrected chi connectivity index (χ4v) is 19.7. The van der Waals surface area contributed by atoms with Gasteiger partial charge in [-0.1, -0.05) is 241 Å². The summed E-state index contributed by atoms with van der Waals surface area (Å²) in [6.45, 7) is 0. The summed E-state index contributed by atoms with van der Waals surface area (Å²) in [4.78, 5) is 33.6. The number of nitrogens with zero attached hydrogens (tertiary/aromatic N) is 13. The van der Waals surface area contributed by atoms with E-state index in [-0.39, 0.29) is 63.2 Å². The van der Waals surface area contributed by atoms with Gasteiger partial charge in [0.2, 0.25) is 0 Å². The Balaban J connectivity index is 0.000000118. The Bertz CT molecular complexity index is 9300. The summed E-state index contributed by atoms with van der Waals surface area (Å²) in [6.07, 6.45) is 7.28. The minimum Gasteiger partial charge on any atom is -0.367 e. The molecule has 0 radical (unpaired) electrons. The van der Waals surface area contributed by atoms with Crippen LogP contribution >= 0.6 is 0 Å². The molecule has 0 bridgehead atoms. The molecule has 0 atom stereocenters. The van der Waals surface area contributed by atoms with Gasteiger partial charge in [0.25, 0.3) is 0 Å². The zero-order valence-electron chi connectivity index (χ0n) is 74.5. The van der Waals surface area contributed by atoms with Gasteiger partial charge in [-0.05, 0) is 205 Å². The van der Waals surface area contributed by atoms with Crippen LogP contribution in [0.5, 0.6) is 0 Å². The predicted octanol–water partition coefficient (Wildman–Crippen LogP) is 28.8. The largest absolute Gasteiger partial charge is 2.00 e. The topological polar surface area (TPSA) is 120 Å². The Morgan fingerprint density at radius 1 is 0.210 bits per heavy atom. The molecular formula is C122H77N13Pt3. The maximum Gasteiger partial charge on any atom is 2.00 e. The third kappa shape index (κ3) is 15.4. The van der Waals surface area contributed by atoms with Crippen LogP contribution in [-0.4, -0.2) is 62.3 Å².